The SMILES string of the molecule is COCCN(CC(=O)O)C(=O)c1c(C)nc(C)nc1SC. The maximum atomic E-state index is 12.6. The number of aromatic nitrogens is 2. The molecule has 0 fully saturated rings. The van der Waals surface area contributed by atoms with Gasteiger partial charge in [0.05, 0.1) is 17.9 Å². The van der Waals surface area contributed by atoms with Crippen molar-refractivity contribution in [3.63, 3.8) is 0 Å². The maximum absolute atomic E-state index is 12.6. The molecule has 0 radical (unpaired) electrons. The summed E-state index contributed by atoms with van der Waals surface area (Å²) in [6, 6.07) is 0. The average Bonchev–Trinajstić information content (AvgIpc) is 2.41. The van der Waals surface area contributed by atoms with Crippen LogP contribution in [0.15, 0.2) is 5.03 Å². The molecule has 1 rings (SSSR count). The molecule has 21 heavy (non-hydrogen) atoms. The molecule has 0 atom stereocenters. The number of ether oxygens (including phenoxy) is 1. The van der Waals surface area contributed by atoms with Crippen LogP contribution in [0.5, 0.6) is 0 Å². The van der Waals surface area contributed by atoms with E-state index in [0.29, 0.717) is 22.1 Å². The fourth-order valence-electron chi connectivity index (χ4n) is 1.85. The van der Waals surface area contributed by atoms with Crippen molar-refractivity contribution in [1.29, 1.82) is 0 Å². The number of rotatable bonds is 7. The Labute approximate surface area is 127 Å². The van der Waals surface area contributed by atoms with E-state index in [1.807, 2.05) is 6.26 Å². The molecule has 0 aromatic carbocycles. The molecule has 1 heterocycles. The van der Waals surface area contributed by atoms with Crippen LogP contribution in [0.25, 0.3) is 0 Å². The van der Waals surface area contributed by atoms with Gasteiger partial charge in [-0.3, -0.25) is 9.59 Å². The number of carboxylic acid groups (broad SMARTS) is 1. The number of carboxylic acids is 1. The topological polar surface area (TPSA) is 92.6 Å². The van der Waals surface area contributed by atoms with Gasteiger partial charge in [-0.05, 0) is 20.1 Å². The Morgan fingerprint density at radius 3 is 2.52 bits per heavy atom. The molecule has 1 aromatic rings. The van der Waals surface area contributed by atoms with Crippen LogP contribution in [0.1, 0.15) is 21.9 Å². The number of thioether (sulfide) groups is 1. The molecular weight excluding hydrogens is 294 g/mol. The van der Waals surface area contributed by atoms with E-state index < -0.39 is 11.9 Å². The number of nitrogens with zero attached hydrogens (tertiary/aromatic N) is 3. The number of carbonyl (C=O) groups excluding carboxylic acids is 1. The Morgan fingerprint density at radius 1 is 1.33 bits per heavy atom. The Balaban J connectivity index is 3.16. The number of amides is 1. The molecular formula is C13H19N3O4S. The summed E-state index contributed by atoms with van der Waals surface area (Å²) in [5.41, 5.74) is 0.898. The first-order chi connectivity index (χ1) is 9.90. The highest BCUT2D eigenvalue weighted by molar-refractivity contribution is 7.98. The van der Waals surface area contributed by atoms with Gasteiger partial charge in [-0.1, -0.05) is 0 Å². The summed E-state index contributed by atoms with van der Waals surface area (Å²) in [6.07, 6.45) is 1.81. The molecule has 0 unspecified atom stereocenters. The van der Waals surface area contributed by atoms with Crippen LogP contribution in [0, 0.1) is 13.8 Å². The number of aryl methyl sites for hydroxylation is 2. The first kappa shape index (κ1) is 17.4. The van der Waals surface area contributed by atoms with Crippen LogP contribution < -0.4 is 0 Å². The predicted octanol–water partition coefficient (Wildman–Crippen LogP) is 0.989. The van der Waals surface area contributed by atoms with E-state index in [1.165, 1.54) is 23.8 Å². The van der Waals surface area contributed by atoms with Crippen LogP contribution in [0.2, 0.25) is 0 Å². The number of aliphatic carboxylic acids is 1. The van der Waals surface area contributed by atoms with Gasteiger partial charge in [0, 0.05) is 13.7 Å². The van der Waals surface area contributed by atoms with Crippen molar-refractivity contribution in [2.75, 3.05) is 33.1 Å². The van der Waals surface area contributed by atoms with Crippen molar-refractivity contribution in [1.82, 2.24) is 14.9 Å². The molecule has 7 nitrogen and oxygen atoms in total. The Kier molecular flexibility index (Phi) is 6.57. The van der Waals surface area contributed by atoms with Gasteiger partial charge in [0.1, 0.15) is 17.4 Å². The lowest BCUT2D eigenvalue weighted by Crippen LogP contribution is -2.38. The summed E-state index contributed by atoms with van der Waals surface area (Å²) >= 11 is 1.33. The lowest BCUT2D eigenvalue weighted by molar-refractivity contribution is -0.137. The molecule has 0 aliphatic carbocycles. The van der Waals surface area contributed by atoms with E-state index >= 15 is 0 Å². The minimum absolute atomic E-state index is 0.197. The van der Waals surface area contributed by atoms with Crippen molar-refractivity contribution in [3.05, 3.63) is 17.1 Å². The van der Waals surface area contributed by atoms with Crippen LogP contribution in [-0.4, -0.2) is 64.9 Å². The van der Waals surface area contributed by atoms with E-state index in [4.69, 9.17) is 9.84 Å². The Bertz CT molecular complexity index is 536. The van der Waals surface area contributed by atoms with E-state index in [2.05, 4.69) is 9.97 Å². The average molecular weight is 313 g/mol. The zero-order valence-corrected chi connectivity index (χ0v) is 13.4. The van der Waals surface area contributed by atoms with E-state index in [9.17, 15) is 9.59 Å². The summed E-state index contributed by atoms with van der Waals surface area (Å²) in [4.78, 5) is 33.2. The van der Waals surface area contributed by atoms with Gasteiger partial charge in [0.15, 0.2) is 0 Å². The van der Waals surface area contributed by atoms with Crippen LogP contribution in [0.3, 0.4) is 0 Å². The Morgan fingerprint density at radius 2 is 2.00 bits per heavy atom. The number of methoxy groups -OCH3 is 1. The molecule has 116 valence electrons. The second kappa shape index (κ2) is 7.94. The van der Waals surface area contributed by atoms with Crippen molar-refractivity contribution >= 4 is 23.6 Å². The molecule has 1 amide bonds. The largest absolute Gasteiger partial charge is 0.480 e. The molecule has 1 aromatic heterocycles. The normalized spacial score (nSPS) is 10.5. The molecule has 0 aliphatic rings. The summed E-state index contributed by atoms with van der Waals surface area (Å²) < 4.78 is 4.92. The zero-order valence-electron chi connectivity index (χ0n) is 12.5. The summed E-state index contributed by atoms with van der Waals surface area (Å²) in [6.45, 7) is 3.54. The van der Waals surface area contributed by atoms with Gasteiger partial charge in [-0.2, -0.15) is 0 Å². The quantitative estimate of drug-likeness (QED) is 0.592. The second-order valence-electron chi connectivity index (χ2n) is 4.35. The van der Waals surface area contributed by atoms with E-state index in [0.717, 1.165) is 0 Å². The summed E-state index contributed by atoms with van der Waals surface area (Å²) in [5, 5.41) is 9.50. The van der Waals surface area contributed by atoms with Crippen LogP contribution >= 0.6 is 11.8 Å². The highest BCUT2D eigenvalue weighted by atomic mass is 32.2. The first-order valence-electron chi connectivity index (χ1n) is 6.30. The fraction of sp³-hybridized carbons (Fsp3) is 0.538. The number of hydrogen-bond donors (Lipinski definition) is 1. The predicted molar refractivity (Wildman–Crippen MR) is 78.7 cm³/mol. The third kappa shape index (κ3) is 4.68. The van der Waals surface area contributed by atoms with Crippen molar-refractivity contribution in [2.24, 2.45) is 0 Å². The molecule has 0 aliphatic heterocycles. The van der Waals surface area contributed by atoms with Crippen molar-refractivity contribution in [2.45, 2.75) is 18.9 Å². The highest BCUT2D eigenvalue weighted by Gasteiger charge is 2.24. The minimum atomic E-state index is -1.07. The van der Waals surface area contributed by atoms with Crippen LogP contribution in [0.4, 0.5) is 0 Å². The summed E-state index contributed by atoms with van der Waals surface area (Å²) in [7, 11) is 1.50. The monoisotopic (exact) mass is 313 g/mol. The number of hydrogen-bond acceptors (Lipinski definition) is 6. The smallest absolute Gasteiger partial charge is 0.323 e. The fourth-order valence-corrected chi connectivity index (χ4v) is 2.51. The standard InChI is InChI=1S/C13H19N3O4S/c1-8-11(12(21-4)15-9(2)14-8)13(19)16(5-6-20-3)7-10(17)18/h5-7H2,1-4H3,(H,17,18). The molecule has 0 spiro atoms. The van der Waals surface area contributed by atoms with Crippen molar-refractivity contribution < 1.29 is 19.4 Å². The van der Waals surface area contributed by atoms with E-state index in [-0.39, 0.29) is 19.7 Å². The van der Waals surface area contributed by atoms with Gasteiger partial charge in [0.25, 0.3) is 5.91 Å². The van der Waals surface area contributed by atoms with Gasteiger partial charge in [-0.25, -0.2) is 9.97 Å². The first-order valence-corrected chi connectivity index (χ1v) is 7.52. The van der Waals surface area contributed by atoms with Crippen molar-refractivity contribution in [3.8, 4) is 0 Å². The van der Waals surface area contributed by atoms with Gasteiger partial charge < -0.3 is 14.7 Å². The van der Waals surface area contributed by atoms with E-state index in [1.54, 1.807) is 13.8 Å². The third-order valence-corrected chi connectivity index (χ3v) is 3.44. The second-order valence-corrected chi connectivity index (χ2v) is 5.15. The zero-order chi connectivity index (χ0) is 16.0. The molecule has 8 heteroatoms. The van der Waals surface area contributed by atoms with Crippen LogP contribution in [-0.2, 0) is 9.53 Å². The molecule has 0 saturated carbocycles. The summed E-state index contributed by atoms with van der Waals surface area (Å²) in [5.74, 6) is -0.887. The molecule has 0 bridgehead atoms. The Hall–Kier alpha value is -1.67. The van der Waals surface area contributed by atoms with Gasteiger partial charge >= 0.3 is 5.97 Å². The van der Waals surface area contributed by atoms with Gasteiger partial charge in [0.2, 0.25) is 0 Å². The molecule has 0 saturated heterocycles. The highest BCUT2D eigenvalue weighted by Crippen LogP contribution is 2.22. The third-order valence-electron chi connectivity index (χ3n) is 2.75. The minimum Gasteiger partial charge on any atom is -0.480 e. The number of carbonyl (C=O) groups is 2. The lowest BCUT2D eigenvalue weighted by Gasteiger charge is -2.22. The maximum Gasteiger partial charge on any atom is 0.323 e. The van der Waals surface area contributed by atoms with Gasteiger partial charge in [-0.15, -0.1) is 11.8 Å². The lowest BCUT2D eigenvalue weighted by atomic mass is 10.2. The molecule has 1 N–H and O–H groups in total.